The average molecular weight is 982 g/mol. The molecule has 5 heteroatoms. The summed E-state index contributed by atoms with van der Waals surface area (Å²) >= 11 is 1.96. The van der Waals surface area contributed by atoms with Gasteiger partial charge < -0.3 is 14.7 Å². The zero-order valence-corrected chi connectivity index (χ0v) is 46.2. The lowest BCUT2D eigenvalue weighted by molar-refractivity contribution is 0.350. The van der Waals surface area contributed by atoms with Crippen LogP contribution in [-0.4, -0.2) is 6.71 Å². The van der Waals surface area contributed by atoms with Gasteiger partial charge in [0.05, 0.1) is 16.4 Å². The Morgan fingerprint density at radius 3 is 1.74 bits per heavy atom. The molecule has 1 unspecified atom stereocenters. The second kappa shape index (κ2) is 16.1. The third-order valence-electron chi connectivity index (χ3n) is 17.4. The van der Waals surface area contributed by atoms with Crippen LogP contribution in [0, 0.1) is 0 Å². The van der Waals surface area contributed by atoms with Crippen LogP contribution in [0.15, 0.2) is 170 Å². The molecular weight excluding hydrogens is 914 g/mol. The molecule has 4 heterocycles. The van der Waals surface area contributed by atoms with Crippen molar-refractivity contribution in [1.82, 2.24) is 0 Å². The molecule has 0 saturated heterocycles. The van der Waals surface area contributed by atoms with Gasteiger partial charge in [0.2, 0.25) is 0 Å². The van der Waals surface area contributed by atoms with Gasteiger partial charge in [0, 0.05) is 49.8 Å². The molecule has 4 bridgehead atoms. The summed E-state index contributed by atoms with van der Waals surface area (Å²) in [6.45, 7) is 28.6. The molecular formula is C69H68BN3S. The molecule has 3 aliphatic heterocycles. The van der Waals surface area contributed by atoms with Crippen LogP contribution in [0.5, 0.6) is 0 Å². The number of nitrogens with zero attached hydrogens (tertiary/aromatic N) is 3. The Balaban J connectivity index is 1.23. The largest absolute Gasteiger partial charge is 0.311 e. The van der Waals surface area contributed by atoms with E-state index in [0.717, 1.165) is 29.9 Å². The fourth-order valence-electron chi connectivity index (χ4n) is 13.0. The van der Waals surface area contributed by atoms with Gasteiger partial charge in [0.25, 0.3) is 6.71 Å². The third-order valence-corrected chi connectivity index (χ3v) is 18.6. The Morgan fingerprint density at radius 2 is 1.09 bits per heavy atom. The van der Waals surface area contributed by atoms with Crippen molar-refractivity contribution in [3.63, 3.8) is 0 Å². The molecule has 3 nitrogen and oxygen atoms in total. The zero-order valence-electron chi connectivity index (χ0n) is 45.4. The van der Waals surface area contributed by atoms with E-state index in [1.54, 1.807) is 0 Å². The third kappa shape index (κ3) is 7.12. The number of fused-ring (bicyclic) bond motifs is 12. The minimum absolute atomic E-state index is 0.0121. The Hall–Kier alpha value is -6.82. The van der Waals surface area contributed by atoms with Gasteiger partial charge in [-0.3, -0.25) is 0 Å². The molecule has 1 atom stereocenters. The predicted octanol–water partition coefficient (Wildman–Crippen LogP) is 17.7. The predicted molar refractivity (Wildman–Crippen MR) is 321 cm³/mol. The highest BCUT2D eigenvalue weighted by molar-refractivity contribution is 7.26. The van der Waals surface area contributed by atoms with Crippen LogP contribution in [0.1, 0.15) is 129 Å². The first-order chi connectivity index (χ1) is 35.2. The topological polar surface area (TPSA) is 9.72 Å². The van der Waals surface area contributed by atoms with E-state index >= 15 is 0 Å². The smallest absolute Gasteiger partial charge is 0.254 e. The Bertz CT molecular complexity index is 3690. The standard InChI is InChI=1S/C69H68BN3S/c1-65(2,3)44-26-30-50(31-27-44)72-59-39-51(71(48-22-15-13-16-23-48)49-24-17-14-18-25-49)40-60-63(59)70(62-53-38-46(67(7,8)9)29-33-61(53)74-64(62)72)56-41-54-55-42-58(56)73(60)57-32-28-45(66(4,5)6)37-52(57)43-20-19-21-47(36-43)69(55,12)35-34-68(54,10)11/h13-33,36-42H,34-35H2,1-12H3. The first kappa shape index (κ1) is 46.9. The molecule has 9 aromatic rings. The summed E-state index contributed by atoms with van der Waals surface area (Å²) < 4.78 is 1.33. The number of para-hydroxylation sites is 2. The van der Waals surface area contributed by atoms with E-state index in [1.807, 2.05) is 11.3 Å². The lowest BCUT2D eigenvalue weighted by atomic mass is 9.33. The molecule has 0 amide bonds. The monoisotopic (exact) mass is 982 g/mol. The Kier molecular flexibility index (Phi) is 10.2. The van der Waals surface area contributed by atoms with Gasteiger partial charge in [0.15, 0.2) is 0 Å². The Labute approximate surface area is 444 Å². The number of hydrogen-bond donors (Lipinski definition) is 0. The van der Waals surface area contributed by atoms with Crippen molar-refractivity contribution in [1.29, 1.82) is 0 Å². The minimum Gasteiger partial charge on any atom is -0.311 e. The van der Waals surface area contributed by atoms with E-state index in [4.69, 9.17) is 0 Å². The van der Waals surface area contributed by atoms with Crippen LogP contribution < -0.4 is 31.1 Å². The number of benzene rings is 8. The van der Waals surface area contributed by atoms with Crippen molar-refractivity contribution in [3.8, 4) is 11.1 Å². The van der Waals surface area contributed by atoms with Gasteiger partial charge in [-0.2, -0.15) is 0 Å². The van der Waals surface area contributed by atoms with Crippen molar-refractivity contribution in [2.24, 2.45) is 0 Å². The molecule has 1 aromatic heterocycles. The fourth-order valence-corrected chi connectivity index (χ4v) is 14.2. The number of rotatable bonds is 4. The summed E-state index contributed by atoms with van der Waals surface area (Å²) in [6, 6.07) is 66.3. The van der Waals surface area contributed by atoms with Gasteiger partial charge in [-0.15, -0.1) is 11.3 Å². The van der Waals surface area contributed by atoms with Gasteiger partial charge in [0.1, 0.15) is 0 Å². The summed E-state index contributed by atoms with van der Waals surface area (Å²) in [6.07, 6.45) is 2.19. The maximum Gasteiger partial charge on any atom is 0.254 e. The zero-order chi connectivity index (χ0) is 51.4. The van der Waals surface area contributed by atoms with E-state index in [0.29, 0.717) is 0 Å². The summed E-state index contributed by atoms with van der Waals surface area (Å²) in [5.41, 5.74) is 24.2. The van der Waals surface area contributed by atoms with Crippen molar-refractivity contribution in [2.75, 3.05) is 14.7 Å². The molecule has 0 saturated carbocycles. The highest BCUT2D eigenvalue weighted by atomic mass is 32.1. The van der Waals surface area contributed by atoms with Gasteiger partial charge in [-0.25, -0.2) is 0 Å². The highest BCUT2D eigenvalue weighted by Gasteiger charge is 2.50. The number of hydrogen-bond acceptors (Lipinski definition) is 4. The van der Waals surface area contributed by atoms with Crippen LogP contribution >= 0.6 is 11.3 Å². The van der Waals surface area contributed by atoms with E-state index in [9.17, 15) is 0 Å². The van der Waals surface area contributed by atoms with Crippen LogP contribution in [0.2, 0.25) is 0 Å². The van der Waals surface area contributed by atoms with Gasteiger partial charge >= 0.3 is 0 Å². The summed E-state index contributed by atoms with van der Waals surface area (Å²) in [5, 5.41) is 2.66. The van der Waals surface area contributed by atoms with E-state index in [2.05, 4.69) is 268 Å². The van der Waals surface area contributed by atoms with E-state index < -0.39 is 0 Å². The summed E-state index contributed by atoms with van der Waals surface area (Å²) in [7, 11) is 0. The molecule has 0 fully saturated rings. The van der Waals surface area contributed by atoms with Crippen LogP contribution in [-0.2, 0) is 27.1 Å². The van der Waals surface area contributed by atoms with E-state index in [1.165, 1.54) is 104 Å². The molecule has 8 aromatic carbocycles. The number of thiophene rings is 1. The lowest BCUT2D eigenvalue weighted by Crippen LogP contribution is -2.61. The van der Waals surface area contributed by atoms with Crippen LogP contribution in [0.25, 0.3) is 21.2 Å². The van der Waals surface area contributed by atoms with Crippen molar-refractivity contribution >= 4 is 95.0 Å². The molecule has 0 N–H and O–H groups in total. The van der Waals surface area contributed by atoms with Gasteiger partial charge in [-0.05, 0) is 168 Å². The molecule has 368 valence electrons. The quantitative estimate of drug-likeness (QED) is 0.163. The van der Waals surface area contributed by atoms with E-state index in [-0.39, 0.29) is 33.8 Å². The second-order valence-electron chi connectivity index (χ2n) is 25.8. The molecule has 1 aliphatic carbocycles. The molecule has 13 rings (SSSR count). The van der Waals surface area contributed by atoms with Crippen LogP contribution in [0.4, 0.5) is 50.5 Å². The van der Waals surface area contributed by atoms with Gasteiger partial charge in [-0.1, -0.05) is 180 Å². The second-order valence-corrected chi connectivity index (χ2v) is 26.9. The minimum atomic E-state index is -0.185. The van der Waals surface area contributed by atoms with Crippen molar-refractivity contribution < 1.29 is 0 Å². The van der Waals surface area contributed by atoms with Crippen LogP contribution in [0.3, 0.4) is 0 Å². The number of anilines is 9. The first-order valence-corrected chi connectivity index (χ1v) is 27.8. The summed E-state index contributed by atoms with van der Waals surface area (Å²) in [5.74, 6) is 0. The first-order valence-electron chi connectivity index (χ1n) is 27.0. The molecule has 0 radical (unpaired) electrons. The normalized spacial score (nSPS) is 17.2. The summed E-state index contributed by atoms with van der Waals surface area (Å²) in [4.78, 5) is 7.83. The fraction of sp³-hybridized carbons (Fsp3) is 0.275. The maximum absolute atomic E-state index is 2.71. The van der Waals surface area contributed by atoms with Crippen molar-refractivity contribution in [2.45, 2.75) is 123 Å². The lowest BCUT2D eigenvalue weighted by Gasteiger charge is -2.49. The maximum atomic E-state index is 2.71. The molecule has 4 aliphatic rings. The average Bonchev–Trinajstić information content (AvgIpc) is 3.80. The SMILES string of the molecule is CC(C)(C)c1ccc(N2c3cc(N(c4ccccc4)c4ccccc4)cc4c3B(c3cc5c6cc3N4c3ccc(C(C)(C)C)cc3-c3cccc(c3)C6(C)CCC5(C)C)c3c2sc2ccc(C(C)(C)C)cc32)cc1. The highest BCUT2D eigenvalue weighted by Crippen LogP contribution is 2.56. The Morgan fingerprint density at radius 1 is 0.486 bits per heavy atom. The molecule has 74 heavy (non-hydrogen) atoms. The molecule has 0 spiro atoms. The van der Waals surface area contributed by atoms with Crippen molar-refractivity contribution in [3.05, 3.63) is 203 Å².